The maximum absolute atomic E-state index is 12.5. The maximum Gasteiger partial charge on any atom is 0.179 e. The third-order valence-corrected chi connectivity index (χ3v) is 4.25. The standard InChI is InChI=1S/C17H17BrClNO/c1-12(17(21)14-6-8-15(18)9-7-14)20(2)11-13-4-3-5-16(19)10-13/h3-10,12H,11H2,1-2H3. The fraction of sp³-hybridized carbons (Fsp3) is 0.235. The van der Waals surface area contributed by atoms with Crippen molar-refractivity contribution in [2.45, 2.75) is 19.5 Å². The molecule has 0 amide bonds. The number of hydrogen-bond acceptors (Lipinski definition) is 2. The van der Waals surface area contributed by atoms with E-state index in [2.05, 4.69) is 15.9 Å². The minimum absolute atomic E-state index is 0.118. The molecule has 2 aromatic carbocycles. The van der Waals surface area contributed by atoms with Crippen molar-refractivity contribution in [3.8, 4) is 0 Å². The quantitative estimate of drug-likeness (QED) is 0.708. The first-order valence-corrected chi connectivity index (χ1v) is 7.89. The molecule has 2 aromatic rings. The number of nitrogens with zero attached hydrogens (tertiary/aromatic N) is 1. The van der Waals surface area contributed by atoms with Crippen LogP contribution in [0.3, 0.4) is 0 Å². The normalized spacial score (nSPS) is 12.4. The van der Waals surface area contributed by atoms with Gasteiger partial charge in [-0.3, -0.25) is 9.69 Å². The first kappa shape index (κ1) is 16.2. The van der Waals surface area contributed by atoms with Gasteiger partial charge in [0.15, 0.2) is 5.78 Å². The minimum atomic E-state index is -0.190. The van der Waals surface area contributed by atoms with Gasteiger partial charge in [0.1, 0.15) is 0 Å². The van der Waals surface area contributed by atoms with Crippen molar-refractivity contribution in [2.24, 2.45) is 0 Å². The number of Topliss-reactive ketones (excluding diaryl/α,β-unsaturated/α-hetero) is 1. The van der Waals surface area contributed by atoms with E-state index in [1.165, 1.54) is 0 Å². The molecule has 0 bridgehead atoms. The van der Waals surface area contributed by atoms with Crippen molar-refractivity contribution >= 4 is 33.3 Å². The maximum atomic E-state index is 12.5. The highest BCUT2D eigenvalue weighted by molar-refractivity contribution is 9.10. The number of benzene rings is 2. The zero-order chi connectivity index (χ0) is 15.4. The Kier molecular flexibility index (Phi) is 5.57. The first-order chi connectivity index (χ1) is 9.97. The second-order valence-electron chi connectivity index (χ2n) is 5.09. The second-order valence-corrected chi connectivity index (χ2v) is 6.44. The van der Waals surface area contributed by atoms with Crippen LogP contribution in [-0.4, -0.2) is 23.8 Å². The van der Waals surface area contributed by atoms with Gasteiger partial charge in [-0.15, -0.1) is 0 Å². The van der Waals surface area contributed by atoms with Crippen LogP contribution >= 0.6 is 27.5 Å². The summed E-state index contributed by atoms with van der Waals surface area (Å²) in [5.74, 6) is 0.118. The molecule has 0 fully saturated rings. The molecule has 1 unspecified atom stereocenters. The highest BCUT2D eigenvalue weighted by Gasteiger charge is 2.19. The number of likely N-dealkylation sites (N-methyl/N-ethyl adjacent to an activating group) is 1. The predicted molar refractivity (Wildman–Crippen MR) is 90.9 cm³/mol. The van der Waals surface area contributed by atoms with E-state index >= 15 is 0 Å². The average Bonchev–Trinajstić information content (AvgIpc) is 2.46. The van der Waals surface area contributed by atoms with Gasteiger partial charge in [0.2, 0.25) is 0 Å². The summed E-state index contributed by atoms with van der Waals surface area (Å²) in [7, 11) is 1.95. The van der Waals surface area contributed by atoms with E-state index in [0.29, 0.717) is 11.6 Å². The predicted octanol–water partition coefficient (Wildman–Crippen LogP) is 4.81. The minimum Gasteiger partial charge on any atom is -0.292 e. The van der Waals surface area contributed by atoms with Gasteiger partial charge in [-0.1, -0.05) is 51.8 Å². The molecule has 0 saturated carbocycles. The zero-order valence-corrected chi connectivity index (χ0v) is 14.4. The fourth-order valence-corrected chi connectivity index (χ4v) is 2.59. The summed E-state index contributed by atoms with van der Waals surface area (Å²) in [6.07, 6.45) is 0. The van der Waals surface area contributed by atoms with Gasteiger partial charge in [-0.05, 0) is 43.8 Å². The third-order valence-electron chi connectivity index (χ3n) is 3.49. The highest BCUT2D eigenvalue weighted by atomic mass is 79.9. The highest BCUT2D eigenvalue weighted by Crippen LogP contribution is 2.16. The largest absolute Gasteiger partial charge is 0.292 e. The van der Waals surface area contributed by atoms with E-state index < -0.39 is 0 Å². The lowest BCUT2D eigenvalue weighted by Gasteiger charge is -2.23. The summed E-state index contributed by atoms with van der Waals surface area (Å²) >= 11 is 9.37. The van der Waals surface area contributed by atoms with E-state index in [4.69, 9.17) is 11.6 Å². The summed E-state index contributed by atoms with van der Waals surface area (Å²) in [5.41, 5.74) is 1.82. The smallest absolute Gasteiger partial charge is 0.179 e. The molecule has 4 heteroatoms. The van der Waals surface area contributed by atoms with Crippen molar-refractivity contribution in [2.75, 3.05) is 7.05 Å². The van der Waals surface area contributed by atoms with Gasteiger partial charge in [-0.2, -0.15) is 0 Å². The number of carbonyl (C=O) groups excluding carboxylic acids is 1. The molecule has 1 atom stereocenters. The molecule has 0 spiro atoms. The van der Waals surface area contributed by atoms with Crippen LogP contribution in [0.25, 0.3) is 0 Å². The molecule has 0 aliphatic carbocycles. The average molecular weight is 367 g/mol. The molecule has 0 radical (unpaired) electrons. The van der Waals surface area contributed by atoms with Gasteiger partial charge >= 0.3 is 0 Å². The van der Waals surface area contributed by atoms with Gasteiger partial charge in [0.05, 0.1) is 6.04 Å². The molecular formula is C17H17BrClNO. The molecule has 0 saturated heterocycles. The van der Waals surface area contributed by atoms with Gasteiger partial charge < -0.3 is 0 Å². The summed E-state index contributed by atoms with van der Waals surface area (Å²) in [6.45, 7) is 2.61. The molecule has 2 nitrogen and oxygen atoms in total. The van der Waals surface area contributed by atoms with Gasteiger partial charge in [0, 0.05) is 21.6 Å². The van der Waals surface area contributed by atoms with Crippen LogP contribution < -0.4 is 0 Å². The van der Waals surface area contributed by atoms with Gasteiger partial charge in [0.25, 0.3) is 0 Å². The molecule has 0 aromatic heterocycles. The van der Waals surface area contributed by atoms with Crippen LogP contribution in [0.1, 0.15) is 22.8 Å². The van der Waals surface area contributed by atoms with Crippen LogP contribution in [-0.2, 0) is 6.54 Å². The Labute approximate surface area is 138 Å². The number of carbonyl (C=O) groups is 1. The lowest BCUT2D eigenvalue weighted by molar-refractivity contribution is 0.0862. The second kappa shape index (κ2) is 7.21. The number of ketones is 1. The summed E-state index contributed by atoms with van der Waals surface area (Å²) in [5, 5.41) is 0.716. The lowest BCUT2D eigenvalue weighted by atomic mass is 10.0. The zero-order valence-electron chi connectivity index (χ0n) is 12.0. The summed E-state index contributed by atoms with van der Waals surface area (Å²) in [4.78, 5) is 14.5. The Morgan fingerprint density at radius 3 is 2.52 bits per heavy atom. The van der Waals surface area contributed by atoms with E-state index in [1.807, 2.05) is 67.4 Å². The van der Waals surface area contributed by atoms with Crippen molar-refractivity contribution in [1.82, 2.24) is 4.90 Å². The van der Waals surface area contributed by atoms with Crippen LogP contribution in [0.5, 0.6) is 0 Å². The monoisotopic (exact) mass is 365 g/mol. The Morgan fingerprint density at radius 2 is 1.90 bits per heavy atom. The van der Waals surface area contributed by atoms with Crippen molar-refractivity contribution in [3.05, 3.63) is 69.2 Å². The van der Waals surface area contributed by atoms with Crippen molar-refractivity contribution in [3.63, 3.8) is 0 Å². The molecule has 0 aliphatic heterocycles. The Balaban J connectivity index is 2.06. The number of halogens is 2. The Morgan fingerprint density at radius 1 is 1.24 bits per heavy atom. The SMILES string of the molecule is CC(C(=O)c1ccc(Br)cc1)N(C)Cc1cccc(Cl)c1. The van der Waals surface area contributed by atoms with E-state index in [0.717, 1.165) is 15.6 Å². The molecular weight excluding hydrogens is 350 g/mol. The summed E-state index contributed by atoms with van der Waals surface area (Å²) < 4.78 is 0.971. The number of rotatable bonds is 5. The lowest BCUT2D eigenvalue weighted by Crippen LogP contribution is -2.35. The van der Waals surface area contributed by atoms with Crippen LogP contribution in [0.4, 0.5) is 0 Å². The number of hydrogen-bond donors (Lipinski definition) is 0. The molecule has 2 rings (SSSR count). The van der Waals surface area contributed by atoms with Gasteiger partial charge in [-0.25, -0.2) is 0 Å². The molecule has 0 heterocycles. The Hall–Kier alpha value is -1.16. The molecule has 110 valence electrons. The van der Waals surface area contributed by atoms with Crippen LogP contribution in [0.15, 0.2) is 53.0 Å². The van der Waals surface area contributed by atoms with E-state index in [-0.39, 0.29) is 11.8 Å². The van der Waals surface area contributed by atoms with Crippen LogP contribution in [0.2, 0.25) is 5.02 Å². The first-order valence-electron chi connectivity index (χ1n) is 6.72. The Bertz CT molecular complexity index is 627. The molecule has 0 N–H and O–H groups in total. The van der Waals surface area contributed by atoms with Crippen molar-refractivity contribution < 1.29 is 4.79 Å². The molecule has 0 aliphatic rings. The van der Waals surface area contributed by atoms with E-state index in [9.17, 15) is 4.79 Å². The van der Waals surface area contributed by atoms with Crippen molar-refractivity contribution in [1.29, 1.82) is 0 Å². The fourth-order valence-electron chi connectivity index (χ4n) is 2.12. The molecule has 21 heavy (non-hydrogen) atoms. The summed E-state index contributed by atoms with van der Waals surface area (Å²) in [6, 6.07) is 15.0. The van der Waals surface area contributed by atoms with Crippen LogP contribution in [0, 0.1) is 0 Å². The van der Waals surface area contributed by atoms with E-state index in [1.54, 1.807) is 0 Å². The topological polar surface area (TPSA) is 20.3 Å². The third kappa shape index (κ3) is 4.40.